The number of hydrogen-bond donors (Lipinski definition) is 1. The minimum Gasteiger partial charge on any atom is -0.301 e. The molecule has 5 heteroatoms. The summed E-state index contributed by atoms with van der Waals surface area (Å²) in [6.07, 6.45) is 0. The van der Waals surface area contributed by atoms with Gasteiger partial charge in [-0.2, -0.15) is 0 Å². The molecule has 0 aliphatic rings. The Kier molecular flexibility index (Phi) is 4.26. The Morgan fingerprint density at radius 2 is 1.95 bits per heavy atom. The van der Waals surface area contributed by atoms with Crippen molar-refractivity contribution >= 4 is 48.5 Å². The standard InChI is InChI=1S/C14H17BrN2OS/c1-7(2)12(15)13(18)17-14-16-10-5-8(3)9(4)6-11(10)19-14/h5-7,12H,1-4H3,(H,16,17,18). The number of nitrogens with zero attached hydrogens (tertiary/aromatic N) is 1. The van der Waals surface area contributed by atoms with Gasteiger partial charge in [0.1, 0.15) is 0 Å². The number of carbonyl (C=O) groups is 1. The molecular formula is C14H17BrN2OS. The summed E-state index contributed by atoms with van der Waals surface area (Å²) in [5, 5.41) is 3.54. The number of rotatable bonds is 3. The largest absolute Gasteiger partial charge is 0.301 e. The number of thiazole rings is 1. The van der Waals surface area contributed by atoms with Crippen LogP contribution in [0.15, 0.2) is 12.1 Å². The second kappa shape index (κ2) is 5.59. The highest BCUT2D eigenvalue weighted by Crippen LogP contribution is 2.28. The van der Waals surface area contributed by atoms with Crippen molar-refractivity contribution in [3.8, 4) is 0 Å². The number of alkyl halides is 1. The average Bonchev–Trinajstić information content (AvgIpc) is 2.69. The summed E-state index contributed by atoms with van der Waals surface area (Å²) in [6, 6.07) is 4.18. The minimum atomic E-state index is -0.192. The summed E-state index contributed by atoms with van der Waals surface area (Å²) in [5.74, 6) is 0.210. The van der Waals surface area contributed by atoms with Crippen LogP contribution in [0.5, 0.6) is 0 Å². The molecule has 1 N–H and O–H groups in total. The SMILES string of the molecule is Cc1cc2nc(NC(=O)C(Br)C(C)C)sc2cc1C. The first kappa shape index (κ1) is 14.5. The molecule has 1 amide bonds. The van der Waals surface area contributed by atoms with Gasteiger partial charge in [0.2, 0.25) is 5.91 Å². The number of aromatic nitrogens is 1. The maximum absolute atomic E-state index is 12.0. The van der Waals surface area contributed by atoms with Crippen LogP contribution in [-0.4, -0.2) is 15.7 Å². The van der Waals surface area contributed by atoms with Gasteiger partial charge in [0, 0.05) is 0 Å². The summed E-state index contributed by atoms with van der Waals surface area (Å²) >= 11 is 4.91. The third-order valence-corrected chi connectivity index (χ3v) is 5.48. The number of carbonyl (C=O) groups excluding carboxylic acids is 1. The van der Waals surface area contributed by atoms with E-state index in [0.29, 0.717) is 5.13 Å². The zero-order chi connectivity index (χ0) is 14.2. The molecular weight excluding hydrogens is 324 g/mol. The molecule has 0 fully saturated rings. The highest BCUT2D eigenvalue weighted by Gasteiger charge is 2.19. The highest BCUT2D eigenvalue weighted by molar-refractivity contribution is 9.10. The Hall–Kier alpha value is -0.940. The van der Waals surface area contributed by atoms with Crippen LogP contribution >= 0.6 is 27.3 Å². The lowest BCUT2D eigenvalue weighted by atomic mass is 10.1. The third-order valence-electron chi connectivity index (χ3n) is 3.07. The van der Waals surface area contributed by atoms with Gasteiger partial charge in [-0.15, -0.1) is 0 Å². The molecule has 0 spiro atoms. The van der Waals surface area contributed by atoms with Gasteiger partial charge in [-0.1, -0.05) is 41.1 Å². The Morgan fingerprint density at radius 1 is 1.32 bits per heavy atom. The van der Waals surface area contributed by atoms with E-state index in [0.717, 1.165) is 10.2 Å². The fraction of sp³-hybridized carbons (Fsp3) is 0.429. The molecule has 0 saturated carbocycles. The number of halogens is 1. The molecule has 2 aromatic rings. The van der Waals surface area contributed by atoms with E-state index >= 15 is 0 Å². The number of amides is 1. The lowest BCUT2D eigenvalue weighted by Gasteiger charge is -2.11. The quantitative estimate of drug-likeness (QED) is 0.847. The molecule has 1 heterocycles. The van der Waals surface area contributed by atoms with E-state index in [1.165, 1.54) is 22.5 Å². The van der Waals surface area contributed by atoms with E-state index in [4.69, 9.17) is 0 Å². The number of anilines is 1. The Balaban J connectivity index is 2.25. The normalized spacial score (nSPS) is 12.9. The minimum absolute atomic E-state index is 0.0394. The molecule has 1 aromatic heterocycles. The van der Waals surface area contributed by atoms with Crippen molar-refractivity contribution in [3.63, 3.8) is 0 Å². The van der Waals surface area contributed by atoms with Gasteiger partial charge in [-0.05, 0) is 43.0 Å². The predicted molar refractivity (Wildman–Crippen MR) is 85.3 cm³/mol. The van der Waals surface area contributed by atoms with Crippen LogP contribution in [0, 0.1) is 19.8 Å². The van der Waals surface area contributed by atoms with Crippen LogP contribution in [-0.2, 0) is 4.79 Å². The lowest BCUT2D eigenvalue weighted by Crippen LogP contribution is -2.26. The molecule has 1 unspecified atom stereocenters. The van der Waals surface area contributed by atoms with Gasteiger partial charge in [0.05, 0.1) is 15.0 Å². The number of hydrogen-bond acceptors (Lipinski definition) is 3. The zero-order valence-electron chi connectivity index (χ0n) is 11.5. The monoisotopic (exact) mass is 340 g/mol. The maximum atomic E-state index is 12.0. The van der Waals surface area contributed by atoms with E-state index in [-0.39, 0.29) is 16.7 Å². The van der Waals surface area contributed by atoms with E-state index in [2.05, 4.69) is 52.2 Å². The van der Waals surface area contributed by atoms with Gasteiger partial charge >= 0.3 is 0 Å². The summed E-state index contributed by atoms with van der Waals surface area (Å²) in [5.41, 5.74) is 3.41. The van der Waals surface area contributed by atoms with E-state index in [1.807, 2.05) is 13.8 Å². The van der Waals surface area contributed by atoms with E-state index in [1.54, 1.807) is 0 Å². The topological polar surface area (TPSA) is 42.0 Å². The molecule has 102 valence electrons. The summed E-state index contributed by atoms with van der Waals surface area (Å²) in [7, 11) is 0. The molecule has 0 saturated heterocycles. The van der Waals surface area contributed by atoms with Gasteiger partial charge in [-0.25, -0.2) is 4.98 Å². The van der Waals surface area contributed by atoms with Crippen molar-refractivity contribution in [1.82, 2.24) is 4.98 Å². The molecule has 2 rings (SSSR count). The van der Waals surface area contributed by atoms with Gasteiger partial charge in [0.15, 0.2) is 5.13 Å². The second-order valence-electron chi connectivity index (χ2n) is 5.06. The Bertz CT molecular complexity index is 582. The molecule has 1 atom stereocenters. The average molecular weight is 341 g/mol. The first-order valence-electron chi connectivity index (χ1n) is 6.21. The van der Waals surface area contributed by atoms with Crippen molar-refractivity contribution in [2.24, 2.45) is 5.92 Å². The van der Waals surface area contributed by atoms with Gasteiger partial charge in [-0.3, -0.25) is 4.79 Å². The van der Waals surface area contributed by atoms with Crippen LogP contribution < -0.4 is 5.32 Å². The van der Waals surface area contributed by atoms with Crippen LogP contribution in [0.1, 0.15) is 25.0 Å². The van der Waals surface area contributed by atoms with Crippen LogP contribution in [0.25, 0.3) is 10.2 Å². The van der Waals surface area contributed by atoms with E-state index in [9.17, 15) is 4.79 Å². The van der Waals surface area contributed by atoms with Crippen LogP contribution in [0.3, 0.4) is 0 Å². The smallest absolute Gasteiger partial charge is 0.240 e. The summed E-state index contributed by atoms with van der Waals surface area (Å²) in [4.78, 5) is 16.2. The number of benzene rings is 1. The number of nitrogens with one attached hydrogen (secondary N) is 1. The molecule has 0 radical (unpaired) electrons. The summed E-state index contributed by atoms with van der Waals surface area (Å²) in [6.45, 7) is 8.16. The molecule has 0 bridgehead atoms. The maximum Gasteiger partial charge on any atom is 0.240 e. The lowest BCUT2D eigenvalue weighted by molar-refractivity contribution is -0.116. The fourth-order valence-electron chi connectivity index (χ4n) is 1.71. The van der Waals surface area contributed by atoms with Crippen molar-refractivity contribution in [1.29, 1.82) is 0 Å². The Morgan fingerprint density at radius 3 is 2.58 bits per heavy atom. The van der Waals surface area contributed by atoms with Crippen LogP contribution in [0.4, 0.5) is 5.13 Å². The molecule has 0 aliphatic carbocycles. The first-order chi connectivity index (χ1) is 8.88. The third kappa shape index (κ3) is 3.15. The fourth-order valence-corrected chi connectivity index (χ4v) is 2.77. The van der Waals surface area contributed by atoms with Gasteiger partial charge in [0.25, 0.3) is 0 Å². The van der Waals surface area contributed by atoms with E-state index < -0.39 is 0 Å². The number of aryl methyl sites for hydroxylation is 2. The zero-order valence-corrected chi connectivity index (χ0v) is 13.9. The van der Waals surface area contributed by atoms with Crippen molar-refractivity contribution in [2.75, 3.05) is 5.32 Å². The first-order valence-corrected chi connectivity index (χ1v) is 7.94. The van der Waals surface area contributed by atoms with Gasteiger partial charge < -0.3 is 5.32 Å². The second-order valence-corrected chi connectivity index (χ2v) is 7.08. The van der Waals surface area contributed by atoms with Crippen molar-refractivity contribution < 1.29 is 4.79 Å². The summed E-state index contributed by atoms with van der Waals surface area (Å²) < 4.78 is 1.11. The van der Waals surface area contributed by atoms with Crippen LogP contribution in [0.2, 0.25) is 0 Å². The highest BCUT2D eigenvalue weighted by atomic mass is 79.9. The molecule has 19 heavy (non-hydrogen) atoms. The molecule has 3 nitrogen and oxygen atoms in total. The number of fused-ring (bicyclic) bond motifs is 1. The Labute approximate surface area is 125 Å². The van der Waals surface area contributed by atoms with Crippen molar-refractivity contribution in [2.45, 2.75) is 32.5 Å². The predicted octanol–water partition coefficient (Wildman–Crippen LogP) is 4.27. The molecule has 0 aliphatic heterocycles. The van der Waals surface area contributed by atoms with Crippen molar-refractivity contribution in [3.05, 3.63) is 23.3 Å². The molecule has 1 aromatic carbocycles.